The summed E-state index contributed by atoms with van der Waals surface area (Å²) in [6.45, 7) is 8.24. The molecule has 1 aromatic carbocycles. The van der Waals surface area contributed by atoms with Gasteiger partial charge in [0.2, 0.25) is 0 Å². The van der Waals surface area contributed by atoms with Gasteiger partial charge >= 0.3 is 0 Å². The summed E-state index contributed by atoms with van der Waals surface area (Å²) in [6, 6.07) is 6.05. The van der Waals surface area contributed by atoms with Crippen LogP contribution in [0.25, 0.3) is 27.0 Å². The van der Waals surface area contributed by atoms with Gasteiger partial charge in [0.1, 0.15) is 12.4 Å². The van der Waals surface area contributed by atoms with E-state index in [1.165, 1.54) is 0 Å². The lowest BCUT2D eigenvalue weighted by atomic mass is 10.0. The molecule has 0 amide bonds. The third-order valence-corrected chi connectivity index (χ3v) is 7.20. The van der Waals surface area contributed by atoms with Crippen LogP contribution in [0.2, 0.25) is 0 Å². The number of benzene rings is 1. The average Bonchev–Trinajstić information content (AvgIpc) is 3.04. The zero-order valence-corrected chi connectivity index (χ0v) is 17.1. The molecule has 2 aromatic heterocycles. The number of rotatable bonds is 4. The molecule has 2 heterocycles. The number of fused-ring (bicyclic) bond motifs is 1. The van der Waals surface area contributed by atoms with Gasteiger partial charge in [-0.05, 0) is 46.6 Å². The van der Waals surface area contributed by atoms with Crippen molar-refractivity contribution in [3.63, 3.8) is 0 Å². The Morgan fingerprint density at radius 2 is 2.12 bits per heavy atom. The van der Waals surface area contributed by atoms with Crippen LogP contribution in [0.3, 0.4) is 0 Å². The van der Waals surface area contributed by atoms with Crippen LogP contribution >= 0.6 is 34.8 Å². The highest BCUT2D eigenvalue weighted by atomic mass is 79.9. The van der Waals surface area contributed by atoms with Crippen molar-refractivity contribution in [1.29, 1.82) is 0 Å². The monoisotopic (exact) mass is 419 g/mol. The topological polar surface area (TPSA) is 35.0 Å². The molecule has 0 aliphatic heterocycles. The maximum atomic E-state index is 5.41. The molecule has 0 bridgehead atoms. The lowest BCUT2D eigenvalue weighted by Gasteiger charge is -2.12. The number of hydrogen-bond donors (Lipinski definition) is 0. The van der Waals surface area contributed by atoms with E-state index in [0.717, 1.165) is 47.6 Å². The lowest BCUT2D eigenvalue weighted by Crippen LogP contribution is -1.93. The van der Waals surface area contributed by atoms with E-state index in [4.69, 9.17) is 9.72 Å². The van der Waals surface area contributed by atoms with Crippen molar-refractivity contribution in [3.8, 4) is 16.3 Å². The molecule has 0 fully saturated rings. The van der Waals surface area contributed by atoms with Gasteiger partial charge in [0.25, 0.3) is 4.75 Å². The number of thiazole rings is 1. The molecular formula is C18H17BrN2OPS+. The number of nitrogens with zero attached hydrogens (tertiary/aromatic N) is 2. The zero-order valence-electron chi connectivity index (χ0n) is 13.8. The second-order valence-electron chi connectivity index (χ2n) is 5.52. The van der Waals surface area contributed by atoms with E-state index in [2.05, 4.69) is 46.5 Å². The summed E-state index contributed by atoms with van der Waals surface area (Å²) in [6.07, 6.45) is 5.99. The van der Waals surface area contributed by atoms with Crippen molar-refractivity contribution in [2.45, 2.75) is 6.92 Å². The van der Waals surface area contributed by atoms with E-state index >= 15 is 0 Å². The van der Waals surface area contributed by atoms with Crippen LogP contribution in [0.15, 0.2) is 35.4 Å². The largest absolute Gasteiger partial charge is 0.495 e. The summed E-state index contributed by atoms with van der Waals surface area (Å²) >= 11 is 5.28. The molecule has 6 heteroatoms. The van der Waals surface area contributed by atoms with Gasteiger partial charge in [-0.25, -0.2) is 9.97 Å². The number of ether oxygens (including phenoxy) is 1. The van der Waals surface area contributed by atoms with E-state index < -0.39 is 7.55 Å². The van der Waals surface area contributed by atoms with Crippen LogP contribution in [-0.2, 0) is 0 Å². The maximum Gasteiger partial charge on any atom is 0.294 e. The van der Waals surface area contributed by atoms with E-state index in [1.54, 1.807) is 18.4 Å². The minimum Gasteiger partial charge on any atom is -0.495 e. The highest BCUT2D eigenvalue weighted by molar-refractivity contribution is 9.10. The van der Waals surface area contributed by atoms with E-state index in [1.807, 2.05) is 25.3 Å². The number of allylic oxidation sites excluding steroid dienone is 1. The molecule has 24 heavy (non-hydrogen) atoms. The van der Waals surface area contributed by atoms with Crippen molar-refractivity contribution in [1.82, 2.24) is 9.97 Å². The fourth-order valence-electron chi connectivity index (χ4n) is 2.44. The molecule has 0 spiro atoms. The highest BCUT2D eigenvalue weighted by Crippen LogP contribution is 2.37. The van der Waals surface area contributed by atoms with E-state index in [-0.39, 0.29) is 0 Å². The Morgan fingerprint density at radius 3 is 2.71 bits per heavy atom. The Hall–Kier alpha value is -1.55. The van der Waals surface area contributed by atoms with Gasteiger partial charge < -0.3 is 4.74 Å². The molecule has 0 aliphatic carbocycles. The Balaban J connectivity index is 2.30. The summed E-state index contributed by atoms with van der Waals surface area (Å²) in [5.41, 5.74) is 3.85. The first kappa shape index (κ1) is 17.3. The third kappa shape index (κ3) is 3.04. The first-order valence-corrected chi connectivity index (χ1v) is 10.8. The third-order valence-electron chi connectivity index (χ3n) is 3.64. The summed E-state index contributed by atoms with van der Waals surface area (Å²) in [5.74, 6) is 0.764. The smallest absolute Gasteiger partial charge is 0.294 e. The van der Waals surface area contributed by atoms with Crippen molar-refractivity contribution in [2.75, 3.05) is 13.8 Å². The number of aromatic nitrogens is 2. The van der Waals surface area contributed by atoms with Gasteiger partial charge in [-0.15, -0.1) is 0 Å². The normalized spacial score (nSPS) is 11.6. The van der Waals surface area contributed by atoms with Gasteiger partial charge in [0.05, 0.1) is 40.2 Å². The number of methoxy groups -OCH3 is 1. The van der Waals surface area contributed by atoms with E-state index in [0.29, 0.717) is 0 Å². The predicted molar refractivity (Wildman–Crippen MR) is 111 cm³/mol. The van der Waals surface area contributed by atoms with Crippen LogP contribution in [0.5, 0.6) is 5.75 Å². The van der Waals surface area contributed by atoms with Gasteiger partial charge in [-0.3, -0.25) is 0 Å². The average molecular weight is 420 g/mol. The summed E-state index contributed by atoms with van der Waals surface area (Å²) in [7, 11) is 1.20. The molecule has 0 radical (unpaired) electrons. The van der Waals surface area contributed by atoms with Crippen LogP contribution in [0.4, 0.5) is 0 Å². The molecule has 122 valence electrons. The molecule has 1 atom stereocenters. The van der Waals surface area contributed by atoms with Crippen molar-refractivity contribution < 1.29 is 4.74 Å². The fraction of sp³-hybridized carbons (Fsp3) is 0.167. The SMILES string of the molecule is C=C(C)c1cc(-c2cnc([P+](=C)C)s2)nc2c(Br)c(OC)ccc12. The van der Waals surface area contributed by atoms with Gasteiger partial charge in [0.15, 0.2) is 7.55 Å². The van der Waals surface area contributed by atoms with Gasteiger partial charge in [-0.1, -0.05) is 23.5 Å². The molecule has 1 unspecified atom stereocenters. The molecule has 0 saturated carbocycles. The molecule has 3 rings (SSSR count). The molecule has 3 nitrogen and oxygen atoms in total. The van der Waals surface area contributed by atoms with Gasteiger partial charge in [0, 0.05) is 5.39 Å². The first-order valence-electron chi connectivity index (χ1n) is 7.26. The molecule has 0 N–H and O–H groups in total. The Morgan fingerprint density at radius 1 is 1.38 bits per heavy atom. The summed E-state index contributed by atoms with van der Waals surface area (Å²) in [5, 5.41) is 1.05. The Labute approximate surface area is 154 Å². The summed E-state index contributed by atoms with van der Waals surface area (Å²) in [4.78, 5) is 10.4. The van der Waals surface area contributed by atoms with Crippen molar-refractivity contribution in [3.05, 3.63) is 41.0 Å². The van der Waals surface area contributed by atoms with Gasteiger partial charge in [-0.2, -0.15) is 0 Å². The quantitative estimate of drug-likeness (QED) is 0.535. The standard InChI is InChI=1S/C18H17BrN2OPS/c1-10(2)12-8-13(15-9-20-18(24-15)23(4)5)21-17-11(12)6-7-14(22-3)16(17)19/h6-9H,1,4H2,2-3,5H3/q+1. The van der Waals surface area contributed by atoms with Crippen LogP contribution in [-0.4, -0.2) is 30.0 Å². The summed E-state index contributed by atoms with van der Waals surface area (Å²) < 4.78 is 7.34. The predicted octanol–water partition coefficient (Wildman–Crippen LogP) is 5.33. The Kier molecular flexibility index (Phi) is 4.86. The van der Waals surface area contributed by atoms with Crippen molar-refractivity contribution in [2.24, 2.45) is 0 Å². The Bertz CT molecular complexity index is 981. The minimum absolute atomic E-state index is 0.451. The fourth-order valence-corrected chi connectivity index (χ4v) is 4.82. The molecular weight excluding hydrogens is 403 g/mol. The molecule has 0 saturated heterocycles. The number of pyridine rings is 1. The second kappa shape index (κ2) is 6.75. The maximum absolute atomic E-state index is 5.41. The van der Waals surface area contributed by atoms with Crippen LogP contribution < -0.4 is 9.49 Å². The van der Waals surface area contributed by atoms with Crippen molar-refractivity contribution >= 4 is 62.3 Å². The lowest BCUT2D eigenvalue weighted by molar-refractivity contribution is 0.413. The molecule has 0 aliphatic rings. The number of halogens is 1. The second-order valence-corrected chi connectivity index (χ2v) is 9.46. The zero-order chi connectivity index (χ0) is 17.4. The highest BCUT2D eigenvalue weighted by Gasteiger charge is 2.17. The first-order chi connectivity index (χ1) is 11.4. The van der Waals surface area contributed by atoms with E-state index in [9.17, 15) is 0 Å². The van der Waals surface area contributed by atoms with Crippen LogP contribution in [0.1, 0.15) is 12.5 Å². The van der Waals surface area contributed by atoms with Crippen LogP contribution in [0, 0.1) is 0 Å². The molecule has 3 aromatic rings. The minimum atomic E-state index is -0.451. The number of hydrogen-bond acceptors (Lipinski definition) is 4.